The minimum absolute atomic E-state index is 0.0478. The standard InChI is InChI=1S/C28H32N4O3S/c1-18-6-8-20(9-7-18)28(35)32(22-4-3-5-22)24-14-25(36-26(24)16-33)19-10-12-21(13-11-19)30-27(34)23-15-31(2)17-29-23/h10-18,20,22H,3-9H2,1-2H3,(H,30,34)/t18-,20-. The van der Waals surface area contributed by atoms with Crippen LogP contribution in [-0.2, 0) is 11.8 Å². The van der Waals surface area contributed by atoms with E-state index in [1.807, 2.05) is 42.3 Å². The zero-order valence-electron chi connectivity index (χ0n) is 20.8. The van der Waals surface area contributed by atoms with Gasteiger partial charge in [-0.1, -0.05) is 19.1 Å². The van der Waals surface area contributed by atoms with Crippen LogP contribution >= 0.6 is 11.3 Å². The third kappa shape index (κ3) is 5.00. The van der Waals surface area contributed by atoms with Crippen molar-refractivity contribution in [1.29, 1.82) is 0 Å². The Kier molecular flexibility index (Phi) is 7.05. The molecule has 3 aromatic rings. The van der Waals surface area contributed by atoms with E-state index < -0.39 is 0 Å². The predicted octanol–water partition coefficient (Wildman–Crippen LogP) is 5.93. The maximum atomic E-state index is 13.7. The maximum Gasteiger partial charge on any atom is 0.275 e. The van der Waals surface area contributed by atoms with Crippen molar-refractivity contribution < 1.29 is 14.4 Å². The lowest BCUT2D eigenvalue weighted by Crippen LogP contribution is -2.48. The number of aryl methyl sites for hydroxylation is 1. The molecule has 0 bridgehead atoms. The van der Waals surface area contributed by atoms with E-state index in [2.05, 4.69) is 17.2 Å². The average Bonchev–Trinajstić information content (AvgIpc) is 3.48. The largest absolute Gasteiger partial charge is 0.340 e. The molecule has 0 spiro atoms. The first-order valence-corrected chi connectivity index (χ1v) is 13.6. The number of aldehydes is 1. The summed E-state index contributed by atoms with van der Waals surface area (Å²) >= 11 is 1.41. The molecule has 36 heavy (non-hydrogen) atoms. The Hall–Kier alpha value is -3.26. The molecule has 1 N–H and O–H groups in total. The zero-order chi connectivity index (χ0) is 25.2. The number of anilines is 2. The number of nitrogens with zero attached hydrogens (tertiary/aromatic N) is 3. The van der Waals surface area contributed by atoms with E-state index in [1.165, 1.54) is 11.3 Å². The van der Waals surface area contributed by atoms with Gasteiger partial charge in [0, 0.05) is 35.8 Å². The molecule has 2 amide bonds. The molecule has 2 aliphatic rings. The van der Waals surface area contributed by atoms with Gasteiger partial charge in [0.2, 0.25) is 5.91 Å². The maximum absolute atomic E-state index is 13.7. The van der Waals surface area contributed by atoms with E-state index >= 15 is 0 Å². The molecule has 0 unspecified atom stereocenters. The highest BCUT2D eigenvalue weighted by molar-refractivity contribution is 7.17. The van der Waals surface area contributed by atoms with Gasteiger partial charge < -0.3 is 14.8 Å². The van der Waals surface area contributed by atoms with Crippen LogP contribution in [0.2, 0.25) is 0 Å². The van der Waals surface area contributed by atoms with Gasteiger partial charge in [-0.2, -0.15) is 0 Å². The van der Waals surface area contributed by atoms with E-state index in [0.29, 0.717) is 22.2 Å². The summed E-state index contributed by atoms with van der Waals surface area (Å²) in [5, 5.41) is 2.86. The van der Waals surface area contributed by atoms with Gasteiger partial charge in [-0.15, -0.1) is 11.3 Å². The van der Waals surface area contributed by atoms with Gasteiger partial charge in [0.25, 0.3) is 5.91 Å². The Morgan fingerprint density at radius 3 is 2.42 bits per heavy atom. The summed E-state index contributed by atoms with van der Waals surface area (Å²) in [6.07, 6.45) is 11.3. The molecule has 2 aromatic heterocycles. The highest BCUT2D eigenvalue weighted by Crippen LogP contribution is 2.42. The fraction of sp³-hybridized carbons (Fsp3) is 0.429. The van der Waals surface area contributed by atoms with Crippen molar-refractivity contribution in [1.82, 2.24) is 9.55 Å². The number of hydrogen-bond acceptors (Lipinski definition) is 5. The summed E-state index contributed by atoms with van der Waals surface area (Å²) in [6.45, 7) is 2.26. The summed E-state index contributed by atoms with van der Waals surface area (Å²) < 4.78 is 1.73. The van der Waals surface area contributed by atoms with Crippen molar-refractivity contribution in [2.24, 2.45) is 18.9 Å². The Morgan fingerprint density at radius 2 is 1.83 bits per heavy atom. The van der Waals surface area contributed by atoms with Gasteiger partial charge in [-0.3, -0.25) is 14.4 Å². The number of hydrogen-bond donors (Lipinski definition) is 1. The highest BCUT2D eigenvalue weighted by atomic mass is 32.1. The van der Waals surface area contributed by atoms with Crippen molar-refractivity contribution in [3.8, 4) is 10.4 Å². The van der Waals surface area contributed by atoms with Crippen LogP contribution in [0, 0.1) is 11.8 Å². The van der Waals surface area contributed by atoms with Crippen LogP contribution in [0.1, 0.15) is 72.0 Å². The Morgan fingerprint density at radius 1 is 1.11 bits per heavy atom. The SMILES string of the molecule is Cn1cnc(C(=O)Nc2ccc(-c3cc(N(C(=O)[C@H]4CC[C@H](C)CC4)C4CCC4)c(C=O)s3)cc2)c1. The summed E-state index contributed by atoms with van der Waals surface area (Å²) in [5.41, 5.74) is 2.72. The van der Waals surface area contributed by atoms with Crippen molar-refractivity contribution in [2.75, 3.05) is 10.2 Å². The molecule has 0 saturated heterocycles. The molecule has 7 nitrogen and oxygen atoms in total. The summed E-state index contributed by atoms with van der Waals surface area (Å²) in [4.78, 5) is 45.7. The van der Waals surface area contributed by atoms with Gasteiger partial charge in [0.15, 0.2) is 6.29 Å². The topological polar surface area (TPSA) is 84.3 Å². The summed E-state index contributed by atoms with van der Waals surface area (Å²) in [5.74, 6) is 0.649. The third-order valence-corrected chi connectivity index (χ3v) is 8.61. The fourth-order valence-electron chi connectivity index (χ4n) is 5.10. The van der Waals surface area contributed by atoms with E-state index in [9.17, 15) is 14.4 Å². The third-order valence-electron chi connectivity index (χ3n) is 7.51. The molecule has 0 radical (unpaired) electrons. The molecular formula is C28H32N4O3S. The van der Waals surface area contributed by atoms with Gasteiger partial charge in [-0.05, 0) is 74.6 Å². The number of amides is 2. The van der Waals surface area contributed by atoms with Crippen molar-refractivity contribution >= 4 is 40.8 Å². The second-order valence-electron chi connectivity index (χ2n) is 10.2. The fourth-order valence-corrected chi connectivity index (χ4v) is 6.07. The normalized spacial score (nSPS) is 19.9. The van der Waals surface area contributed by atoms with Crippen molar-refractivity contribution in [2.45, 2.75) is 57.9 Å². The molecule has 1 aromatic carbocycles. The van der Waals surface area contributed by atoms with Gasteiger partial charge in [0.1, 0.15) is 5.69 Å². The van der Waals surface area contributed by atoms with Crippen LogP contribution in [0.25, 0.3) is 10.4 Å². The van der Waals surface area contributed by atoms with Crippen LogP contribution in [0.3, 0.4) is 0 Å². The predicted molar refractivity (Wildman–Crippen MR) is 143 cm³/mol. The molecule has 5 rings (SSSR count). The van der Waals surface area contributed by atoms with E-state index in [-0.39, 0.29) is 23.8 Å². The second kappa shape index (κ2) is 10.4. The minimum atomic E-state index is -0.267. The molecule has 0 atom stereocenters. The first-order chi connectivity index (χ1) is 17.4. The summed E-state index contributed by atoms with van der Waals surface area (Å²) in [7, 11) is 1.82. The van der Waals surface area contributed by atoms with Crippen molar-refractivity contribution in [3.63, 3.8) is 0 Å². The van der Waals surface area contributed by atoms with Crippen LogP contribution in [-0.4, -0.2) is 33.7 Å². The lowest BCUT2D eigenvalue weighted by molar-refractivity contribution is -0.124. The Bertz CT molecular complexity index is 1250. The number of aromatic nitrogens is 2. The smallest absolute Gasteiger partial charge is 0.275 e. The van der Waals surface area contributed by atoms with E-state index in [4.69, 9.17) is 0 Å². The summed E-state index contributed by atoms with van der Waals surface area (Å²) in [6, 6.07) is 9.72. The van der Waals surface area contributed by atoms with E-state index in [0.717, 1.165) is 67.4 Å². The van der Waals surface area contributed by atoms with Gasteiger partial charge in [0.05, 0.1) is 16.9 Å². The average molecular weight is 505 g/mol. The molecule has 0 aliphatic heterocycles. The van der Waals surface area contributed by atoms with Gasteiger partial charge >= 0.3 is 0 Å². The Balaban J connectivity index is 1.37. The van der Waals surface area contributed by atoms with Crippen LogP contribution in [0.5, 0.6) is 0 Å². The van der Waals surface area contributed by atoms with E-state index in [1.54, 1.807) is 17.1 Å². The minimum Gasteiger partial charge on any atom is -0.340 e. The van der Waals surface area contributed by atoms with Crippen LogP contribution < -0.4 is 10.2 Å². The number of imidazole rings is 1. The van der Waals surface area contributed by atoms with Gasteiger partial charge in [-0.25, -0.2) is 4.98 Å². The number of carbonyl (C=O) groups is 3. The quantitative estimate of drug-likeness (QED) is 0.405. The molecular weight excluding hydrogens is 472 g/mol. The second-order valence-corrected chi connectivity index (χ2v) is 11.3. The molecule has 2 saturated carbocycles. The number of carbonyl (C=O) groups excluding carboxylic acids is 3. The zero-order valence-corrected chi connectivity index (χ0v) is 21.6. The Labute approximate surface area is 215 Å². The molecule has 8 heteroatoms. The number of thiophene rings is 1. The number of nitrogens with one attached hydrogen (secondary N) is 1. The highest BCUT2D eigenvalue weighted by Gasteiger charge is 2.37. The monoisotopic (exact) mass is 504 g/mol. The molecule has 2 fully saturated rings. The lowest BCUT2D eigenvalue weighted by atomic mass is 9.81. The lowest BCUT2D eigenvalue weighted by Gasteiger charge is -2.40. The van der Waals surface area contributed by atoms with Crippen LogP contribution in [0.4, 0.5) is 11.4 Å². The molecule has 188 valence electrons. The first kappa shape index (κ1) is 24.4. The van der Waals surface area contributed by atoms with Crippen molar-refractivity contribution in [3.05, 3.63) is 53.4 Å². The first-order valence-electron chi connectivity index (χ1n) is 12.7. The molecule has 2 aliphatic carbocycles. The number of rotatable bonds is 7. The molecule has 2 heterocycles. The van der Waals surface area contributed by atoms with Crippen LogP contribution in [0.15, 0.2) is 42.9 Å². The number of benzene rings is 1.